The van der Waals surface area contributed by atoms with E-state index in [0.29, 0.717) is 24.8 Å². The van der Waals surface area contributed by atoms with Crippen LogP contribution in [0.15, 0.2) is 42.6 Å². The summed E-state index contributed by atoms with van der Waals surface area (Å²) in [6.07, 6.45) is 13.5. The number of hydrogen-bond acceptors (Lipinski definition) is 8. The van der Waals surface area contributed by atoms with Gasteiger partial charge in [-0.25, -0.2) is 9.94 Å². The molecular weight excluding hydrogens is 404 g/mol. The van der Waals surface area contributed by atoms with Crippen molar-refractivity contribution < 1.29 is 0 Å². The van der Waals surface area contributed by atoms with Crippen LogP contribution in [-0.4, -0.2) is 44.0 Å². The summed E-state index contributed by atoms with van der Waals surface area (Å²) in [6, 6.07) is 6.44. The Labute approximate surface area is 185 Å². The highest BCUT2D eigenvalue weighted by molar-refractivity contribution is 5.71. The van der Waals surface area contributed by atoms with Gasteiger partial charge in [0.15, 0.2) is 5.65 Å². The number of pyridine rings is 1. The maximum absolute atomic E-state index is 9.55. The Hall–Kier alpha value is -3.58. The summed E-state index contributed by atoms with van der Waals surface area (Å²) >= 11 is 0. The minimum Gasteiger partial charge on any atom is -0.363 e. The Balaban J connectivity index is 1.25. The van der Waals surface area contributed by atoms with Crippen molar-refractivity contribution >= 4 is 17.3 Å². The molecule has 0 unspecified atom stereocenters. The van der Waals surface area contributed by atoms with E-state index in [1.54, 1.807) is 4.52 Å². The summed E-state index contributed by atoms with van der Waals surface area (Å²) in [7, 11) is 0. The van der Waals surface area contributed by atoms with Crippen molar-refractivity contribution in [1.29, 1.82) is 5.26 Å². The number of hydrogen-bond donors (Lipinski definition) is 3. The molecule has 3 N–H and O–H groups in total. The highest BCUT2D eigenvalue weighted by Crippen LogP contribution is 2.39. The zero-order chi connectivity index (χ0) is 21.5. The summed E-state index contributed by atoms with van der Waals surface area (Å²) in [5.41, 5.74) is 9.78. The van der Waals surface area contributed by atoms with Crippen LogP contribution >= 0.6 is 0 Å². The number of nitrogens with one attached hydrogen (secondary N) is 3. The second-order valence-corrected chi connectivity index (χ2v) is 9.00. The number of aromatic nitrogens is 5. The van der Waals surface area contributed by atoms with Crippen LogP contribution in [0.4, 0.5) is 11.6 Å². The molecule has 0 atom stereocenters. The number of fused-ring (bicyclic) bond motifs is 1. The van der Waals surface area contributed by atoms with Crippen molar-refractivity contribution in [3.05, 3.63) is 48.2 Å². The van der Waals surface area contributed by atoms with E-state index < -0.39 is 0 Å². The molecule has 2 fully saturated rings. The lowest BCUT2D eigenvalue weighted by Crippen LogP contribution is -2.63. The lowest BCUT2D eigenvalue weighted by Gasteiger charge is -2.50. The highest BCUT2D eigenvalue weighted by Gasteiger charge is 2.46. The van der Waals surface area contributed by atoms with E-state index in [0.717, 1.165) is 30.1 Å². The molecule has 0 bridgehead atoms. The fourth-order valence-electron chi connectivity index (χ4n) is 5.14. The molecule has 3 aromatic rings. The third-order valence-electron chi connectivity index (χ3n) is 6.88. The quantitative estimate of drug-likeness (QED) is 0.545. The Morgan fingerprint density at radius 2 is 2.16 bits per heavy atom. The third-order valence-corrected chi connectivity index (χ3v) is 6.88. The van der Waals surface area contributed by atoms with Crippen LogP contribution in [0.5, 0.6) is 0 Å². The van der Waals surface area contributed by atoms with Crippen molar-refractivity contribution in [1.82, 2.24) is 35.2 Å². The van der Waals surface area contributed by atoms with Crippen molar-refractivity contribution in [2.45, 2.75) is 43.6 Å². The van der Waals surface area contributed by atoms with Gasteiger partial charge in [0.25, 0.3) is 0 Å². The Bertz CT molecular complexity index is 1200. The molecular formula is C22H26N10. The number of anilines is 2. The predicted molar refractivity (Wildman–Crippen MR) is 120 cm³/mol. The fraction of sp³-hybridized carbons (Fsp3) is 0.455. The topological polar surface area (TPSA) is 111 Å². The monoisotopic (exact) mass is 430 g/mol. The van der Waals surface area contributed by atoms with E-state index in [2.05, 4.69) is 44.5 Å². The van der Waals surface area contributed by atoms with Gasteiger partial charge < -0.3 is 15.6 Å². The van der Waals surface area contributed by atoms with Crippen molar-refractivity contribution in [3.63, 3.8) is 0 Å². The normalized spacial score (nSPS) is 20.1. The number of rotatable bonds is 6. The van der Waals surface area contributed by atoms with Crippen LogP contribution < -0.4 is 21.1 Å². The maximum Gasteiger partial charge on any atom is 0.247 e. The molecule has 1 saturated heterocycles. The van der Waals surface area contributed by atoms with Crippen LogP contribution in [0.2, 0.25) is 0 Å². The smallest absolute Gasteiger partial charge is 0.247 e. The van der Waals surface area contributed by atoms with E-state index in [1.165, 1.54) is 31.2 Å². The molecule has 10 heteroatoms. The van der Waals surface area contributed by atoms with E-state index in [9.17, 15) is 5.26 Å². The highest BCUT2D eigenvalue weighted by atomic mass is 15.4. The molecule has 5 heterocycles. The van der Waals surface area contributed by atoms with Gasteiger partial charge in [0.05, 0.1) is 36.6 Å². The Morgan fingerprint density at radius 1 is 1.28 bits per heavy atom. The van der Waals surface area contributed by atoms with Gasteiger partial charge in [0.2, 0.25) is 5.95 Å². The van der Waals surface area contributed by atoms with Crippen LogP contribution in [0, 0.1) is 11.3 Å². The first kappa shape index (κ1) is 19.1. The third kappa shape index (κ3) is 3.17. The molecule has 0 spiro atoms. The predicted octanol–water partition coefficient (Wildman–Crippen LogP) is 2.07. The molecule has 3 aliphatic rings. The second kappa shape index (κ2) is 7.53. The summed E-state index contributed by atoms with van der Waals surface area (Å²) in [6.45, 7) is 2.14. The second-order valence-electron chi connectivity index (χ2n) is 9.00. The average Bonchev–Trinajstić information content (AvgIpc) is 3.57. The molecule has 0 radical (unpaired) electrons. The molecule has 1 saturated carbocycles. The summed E-state index contributed by atoms with van der Waals surface area (Å²) < 4.78 is 3.84. The molecule has 32 heavy (non-hydrogen) atoms. The molecule has 10 nitrogen and oxygen atoms in total. The van der Waals surface area contributed by atoms with Crippen molar-refractivity contribution in [2.75, 3.05) is 29.9 Å². The van der Waals surface area contributed by atoms with Gasteiger partial charge in [-0.15, -0.1) is 5.10 Å². The first-order valence-corrected chi connectivity index (χ1v) is 11.2. The van der Waals surface area contributed by atoms with E-state index >= 15 is 0 Å². The maximum atomic E-state index is 9.55. The lowest BCUT2D eigenvalue weighted by molar-refractivity contribution is 0.198. The summed E-state index contributed by atoms with van der Waals surface area (Å²) in [5, 5.41) is 22.1. The van der Waals surface area contributed by atoms with Crippen molar-refractivity contribution in [3.8, 4) is 6.07 Å². The van der Waals surface area contributed by atoms with Crippen LogP contribution in [0.1, 0.15) is 43.6 Å². The number of nitrogens with zero attached hydrogens (tertiary/aromatic N) is 7. The molecule has 6 rings (SSSR count). The van der Waals surface area contributed by atoms with Gasteiger partial charge in [0.1, 0.15) is 5.54 Å². The molecule has 0 aromatic carbocycles. The van der Waals surface area contributed by atoms with Gasteiger partial charge in [-0.1, -0.05) is 12.8 Å². The van der Waals surface area contributed by atoms with E-state index in [1.807, 2.05) is 29.3 Å². The van der Waals surface area contributed by atoms with Gasteiger partial charge in [-0.05, 0) is 36.5 Å². The summed E-state index contributed by atoms with van der Waals surface area (Å²) in [4.78, 5) is 6.98. The van der Waals surface area contributed by atoms with E-state index in [-0.39, 0.29) is 5.54 Å². The number of nitriles is 1. The minimum atomic E-state index is -0.300. The zero-order valence-corrected chi connectivity index (χ0v) is 17.8. The largest absolute Gasteiger partial charge is 0.363 e. The van der Waals surface area contributed by atoms with Crippen LogP contribution in [0.3, 0.4) is 0 Å². The first-order chi connectivity index (χ1) is 15.7. The summed E-state index contributed by atoms with van der Waals surface area (Å²) in [5.74, 6) is 1.18. The van der Waals surface area contributed by atoms with Crippen molar-refractivity contribution in [2.24, 2.45) is 0 Å². The Kier molecular flexibility index (Phi) is 4.50. The standard InChI is InChI=1S/C22H26N10/c23-8-7-22(32-13-17(10-26-32)16-4-1-2-5-16)14-30(15-22)19-6-3-9-31-20(19)28-21(29-31)27-18-11-24-25-12-18/h3,6,9-11,13,16,24-25H,1-2,4-5,7,12,14-15H2,(H,27,29). The molecule has 164 valence electrons. The van der Waals surface area contributed by atoms with E-state index in [4.69, 9.17) is 10.1 Å². The van der Waals surface area contributed by atoms with Gasteiger partial charge in [0, 0.05) is 31.7 Å². The van der Waals surface area contributed by atoms with Gasteiger partial charge in [-0.3, -0.25) is 4.68 Å². The average molecular weight is 431 g/mol. The van der Waals surface area contributed by atoms with Crippen LogP contribution in [0.25, 0.3) is 5.65 Å². The molecule has 2 aliphatic heterocycles. The number of hydrazine groups is 1. The van der Waals surface area contributed by atoms with Gasteiger partial charge >= 0.3 is 0 Å². The molecule has 1 aliphatic carbocycles. The minimum absolute atomic E-state index is 0.300. The SMILES string of the molecule is N#CCC1(n2cc(C3CCCC3)cn2)CN(c2cccn3nc(NC4=CNNC4)nc23)C1. The fourth-order valence-corrected chi connectivity index (χ4v) is 5.14. The van der Waals surface area contributed by atoms with Gasteiger partial charge in [-0.2, -0.15) is 15.3 Å². The molecule has 3 aromatic heterocycles. The zero-order valence-electron chi connectivity index (χ0n) is 17.8. The lowest BCUT2D eigenvalue weighted by atomic mass is 9.86. The first-order valence-electron chi connectivity index (χ1n) is 11.2. The Morgan fingerprint density at radius 3 is 2.94 bits per heavy atom. The van der Waals surface area contributed by atoms with Crippen LogP contribution in [-0.2, 0) is 5.54 Å². The molecule has 0 amide bonds.